The third-order valence-electron chi connectivity index (χ3n) is 3.87. The van der Waals surface area contributed by atoms with Crippen LogP contribution in [0.2, 0.25) is 0 Å². The third kappa shape index (κ3) is 1.32. The summed E-state index contributed by atoms with van der Waals surface area (Å²) in [4.78, 5) is 14.6. The molecule has 0 saturated heterocycles. The van der Waals surface area contributed by atoms with E-state index in [1.54, 1.807) is 0 Å². The molecule has 20 heavy (non-hydrogen) atoms. The molecule has 0 amide bonds. The Labute approximate surface area is 113 Å². The minimum absolute atomic E-state index is 0.369. The molecule has 0 spiro atoms. The number of H-pyrrole nitrogens is 1. The molecule has 0 radical (unpaired) electrons. The number of hydrogen-bond acceptors (Lipinski definition) is 4. The van der Waals surface area contributed by atoms with Gasteiger partial charge in [-0.05, 0) is 6.07 Å². The van der Waals surface area contributed by atoms with Gasteiger partial charge in [0.2, 0.25) is 5.75 Å². The predicted molar refractivity (Wildman–Crippen MR) is 71.8 cm³/mol. The maximum Gasteiger partial charge on any atom is 0.378 e. The Hall–Kier alpha value is -2.53. The van der Waals surface area contributed by atoms with E-state index in [4.69, 9.17) is 4.42 Å². The largest absolute Gasteiger partial charge is 0.502 e. The number of aromatic amines is 1. The second-order valence-electron chi connectivity index (χ2n) is 4.95. The zero-order valence-corrected chi connectivity index (χ0v) is 10.4. The highest BCUT2D eigenvalue weighted by Gasteiger charge is 2.30. The molecular weight excluding hydrogens is 258 g/mol. The van der Waals surface area contributed by atoms with Crippen molar-refractivity contribution in [3.63, 3.8) is 0 Å². The average Bonchev–Trinajstić information content (AvgIpc) is 2.82. The molecule has 4 rings (SSSR count). The van der Waals surface area contributed by atoms with Gasteiger partial charge in [0.25, 0.3) is 0 Å². The Bertz CT molecular complexity index is 891. The Balaban J connectivity index is 2.04. The normalized spacial score (nSPS) is 16.9. The van der Waals surface area contributed by atoms with Gasteiger partial charge in [-0.1, -0.05) is 18.2 Å². The van der Waals surface area contributed by atoms with Gasteiger partial charge in [0.15, 0.2) is 0 Å². The zero-order chi connectivity index (χ0) is 13.9. The predicted octanol–water partition coefficient (Wildman–Crippen LogP) is 1.81. The molecule has 1 atom stereocenters. The molecule has 0 bridgehead atoms. The number of benzene rings is 1. The Kier molecular flexibility index (Phi) is 2.11. The van der Waals surface area contributed by atoms with Crippen LogP contribution in [0.15, 0.2) is 39.7 Å². The molecule has 1 unspecified atom stereocenters. The van der Waals surface area contributed by atoms with E-state index < -0.39 is 17.5 Å². The molecule has 5 heteroatoms. The van der Waals surface area contributed by atoms with E-state index in [1.165, 1.54) is 6.26 Å². The first-order valence-electron chi connectivity index (χ1n) is 6.28. The van der Waals surface area contributed by atoms with Crippen molar-refractivity contribution in [3.05, 3.63) is 63.3 Å². The Morgan fingerprint density at radius 3 is 2.95 bits per heavy atom. The number of aromatic nitrogens is 1. The summed E-state index contributed by atoms with van der Waals surface area (Å²) in [7, 11) is 0. The van der Waals surface area contributed by atoms with Gasteiger partial charge in [-0.25, -0.2) is 4.79 Å². The first-order chi connectivity index (χ1) is 9.66. The molecule has 0 fully saturated rings. The number of para-hydroxylation sites is 1. The molecule has 0 saturated carbocycles. The van der Waals surface area contributed by atoms with Crippen LogP contribution in [0, 0.1) is 0 Å². The summed E-state index contributed by atoms with van der Waals surface area (Å²) in [6.07, 6.45) is 0.681. The maximum absolute atomic E-state index is 11.4. The zero-order valence-electron chi connectivity index (χ0n) is 10.4. The SMILES string of the molecule is O=c1occ2c(c1O)Cc1[nH]c3ccccc3c1C2O. The maximum atomic E-state index is 11.4. The van der Waals surface area contributed by atoms with Crippen LogP contribution in [0.4, 0.5) is 0 Å². The number of aliphatic hydroxyl groups excluding tert-OH is 1. The second-order valence-corrected chi connectivity index (χ2v) is 4.95. The lowest BCUT2D eigenvalue weighted by molar-refractivity contribution is 0.211. The van der Waals surface area contributed by atoms with Gasteiger partial charge in [0, 0.05) is 39.7 Å². The minimum Gasteiger partial charge on any atom is -0.502 e. The smallest absolute Gasteiger partial charge is 0.378 e. The number of hydrogen-bond donors (Lipinski definition) is 3. The van der Waals surface area contributed by atoms with E-state index in [0.29, 0.717) is 17.5 Å². The minimum atomic E-state index is -0.917. The van der Waals surface area contributed by atoms with E-state index in [0.717, 1.165) is 22.2 Å². The number of fused-ring (bicyclic) bond motifs is 4. The summed E-state index contributed by atoms with van der Waals surface area (Å²) in [5, 5.41) is 21.3. The molecule has 3 N–H and O–H groups in total. The first kappa shape index (κ1) is 11.3. The van der Waals surface area contributed by atoms with Crippen molar-refractivity contribution < 1.29 is 14.6 Å². The van der Waals surface area contributed by atoms with Crippen molar-refractivity contribution in [1.29, 1.82) is 0 Å². The quantitative estimate of drug-likeness (QED) is 0.581. The summed E-state index contributed by atoms with van der Waals surface area (Å²) >= 11 is 0. The lowest BCUT2D eigenvalue weighted by atomic mass is 9.87. The molecule has 0 aliphatic heterocycles. The monoisotopic (exact) mass is 269 g/mol. The van der Waals surface area contributed by atoms with Gasteiger partial charge < -0.3 is 19.6 Å². The molecule has 1 aromatic carbocycles. The Morgan fingerprint density at radius 2 is 2.10 bits per heavy atom. The van der Waals surface area contributed by atoms with Gasteiger partial charge in [0.05, 0.1) is 0 Å². The first-order valence-corrected chi connectivity index (χ1v) is 6.28. The van der Waals surface area contributed by atoms with E-state index in [1.807, 2.05) is 24.3 Å². The van der Waals surface area contributed by atoms with Crippen LogP contribution >= 0.6 is 0 Å². The average molecular weight is 269 g/mol. The number of rotatable bonds is 0. The fraction of sp³-hybridized carbons (Fsp3) is 0.133. The van der Waals surface area contributed by atoms with Gasteiger partial charge >= 0.3 is 5.63 Å². The summed E-state index contributed by atoms with van der Waals surface area (Å²) in [5.41, 5.74) is 2.60. The van der Waals surface area contributed by atoms with Crippen LogP contribution in [-0.4, -0.2) is 15.2 Å². The van der Waals surface area contributed by atoms with Crippen molar-refractivity contribution in [1.82, 2.24) is 4.98 Å². The summed E-state index contributed by atoms with van der Waals surface area (Å²) in [5.74, 6) is -0.425. The molecular formula is C15H11NO4. The molecule has 5 nitrogen and oxygen atoms in total. The van der Waals surface area contributed by atoms with Crippen molar-refractivity contribution in [2.24, 2.45) is 0 Å². The van der Waals surface area contributed by atoms with Crippen LogP contribution in [0.5, 0.6) is 5.75 Å². The van der Waals surface area contributed by atoms with Gasteiger partial charge in [-0.3, -0.25) is 0 Å². The standard InChI is InChI=1S/C15H11NO4/c17-13-9-6-20-15(19)14(18)8(9)5-11-12(13)7-3-1-2-4-10(7)16-11/h1-4,6,13,16-18H,5H2. The molecule has 1 aliphatic rings. The van der Waals surface area contributed by atoms with Crippen LogP contribution in [0.3, 0.4) is 0 Å². The lowest BCUT2D eigenvalue weighted by Gasteiger charge is -2.21. The second kappa shape index (κ2) is 3.74. The van der Waals surface area contributed by atoms with E-state index in [2.05, 4.69) is 4.98 Å². The summed E-state index contributed by atoms with van der Waals surface area (Å²) in [6.45, 7) is 0. The highest BCUT2D eigenvalue weighted by molar-refractivity contribution is 5.86. The highest BCUT2D eigenvalue weighted by Crippen LogP contribution is 2.40. The molecule has 2 aromatic heterocycles. The fourth-order valence-corrected chi connectivity index (χ4v) is 2.92. The summed E-state index contributed by atoms with van der Waals surface area (Å²) in [6, 6.07) is 7.67. The van der Waals surface area contributed by atoms with Crippen LogP contribution in [0.1, 0.15) is 28.5 Å². The molecule has 3 aromatic rings. The van der Waals surface area contributed by atoms with Gasteiger partial charge in [-0.2, -0.15) is 0 Å². The fourth-order valence-electron chi connectivity index (χ4n) is 2.92. The van der Waals surface area contributed by atoms with Crippen molar-refractivity contribution in [3.8, 4) is 5.75 Å². The highest BCUT2D eigenvalue weighted by atomic mass is 16.4. The lowest BCUT2D eigenvalue weighted by Crippen LogP contribution is -2.16. The topological polar surface area (TPSA) is 86.5 Å². The van der Waals surface area contributed by atoms with Crippen molar-refractivity contribution in [2.75, 3.05) is 0 Å². The molecule has 1 aliphatic carbocycles. The van der Waals surface area contributed by atoms with Crippen molar-refractivity contribution in [2.45, 2.75) is 12.5 Å². The van der Waals surface area contributed by atoms with Crippen LogP contribution in [-0.2, 0) is 6.42 Å². The van der Waals surface area contributed by atoms with E-state index in [9.17, 15) is 15.0 Å². The third-order valence-corrected chi connectivity index (χ3v) is 3.87. The van der Waals surface area contributed by atoms with E-state index >= 15 is 0 Å². The number of aliphatic hydroxyl groups is 1. The molecule has 2 heterocycles. The number of aromatic hydroxyl groups is 1. The Morgan fingerprint density at radius 1 is 1.30 bits per heavy atom. The van der Waals surface area contributed by atoms with Crippen LogP contribution < -0.4 is 5.63 Å². The molecule has 100 valence electrons. The summed E-state index contributed by atoms with van der Waals surface area (Å²) < 4.78 is 4.75. The van der Waals surface area contributed by atoms with E-state index in [-0.39, 0.29) is 0 Å². The van der Waals surface area contributed by atoms with Crippen LogP contribution in [0.25, 0.3) is 10.9 Å². The van der Waals surface area contributed by atoms with Crippen molar-refractivity contribution >= 4 is 10.9 Å². The number of nitrogens with one attached hydrogen (secondary N) is 1. The van der Waals surface area contributed by atoms with Gasteiger partial charge in [-0.15, -0.1) is 0 Å². The van der Waals surface area contributed by atoms with Gasteiger partial charge in [0.1, 0.15) is 12.4 Å².